The van der Waals surface area contributed by atoms with Crippen molar-refractivity contribution in [2.75, 3.05) is 4.90 Å². The highest BCUT2D eigenvalue weighted by molar-refractivity contribution is 5.85. The van der Waals surface area contributed by atoms with Crippen molar-refractivity contribution in [3.63, 3.8) is 0 Å². The van der Waals surface area contributed by atoms with Gasteiger partial charge in [0.15, 0.2) is 0 Å². The second-order valence-corrected chi connectivity index (χ2v) is 11.5. The Balaban J connectivity index is 1.55. The standard InChI is InChI=1S/C36H37N/c1-8-28(9-2)37(29-20-16-26(17-21-29)25-14-18-27(19-15-25)35(3,4)5)30-22-23-34-32(24-30)31-12-10-11-13-33(31)36(34,6)7/h8-24H,1H2,2-7H3/b28-9+. The first-order valence-electron chi connectivity index (χ1n) is 13.2. The summed E-state index contributed by atoms with van der Waals surface area (Å²) >= 11 is 0. The molecular weight excluding hydrogens is 446 g/mol. The van der Waals surface area contributed by atoms with Crippen LogP contribution < -0.4 is 4.90 Å². The predicted molar refractivity (Wildman–Crippen MR) is 161 cm³/mol. The largest absolute Gasteiger partial charge is 0.311 e. The van der Waals surface area contributed by atoms with Gasteiger partial charge >= 0.3 is 0 Å². The Morgan fingerprint density at radius 2 is 1.30 bits per heavy atom. The molecule has 0 radical (unpaired) electrons. The molecule has 0 heterocycles. The number of fused-ring (bicyclic) bond motifs is 3. The fourth-order valence-corrected chi connectivity index (χ4v) is 5.60. The van der Waals surface area contributed by atoms with E-state index >= 15 is 0 Å². The highest BCUT2D eigenvalue weighted by Gasteiger charge is 2.35. The molecule has 5 rings (SSSR count). The van der Waals surface area contributed by atoms with Crippen LogP contribution in [0.3, 0.4) is 0 Å². The SMILES string of the molecule is C=C/C(=C\C)N(c1ccc(-c2ccc(C(C)(C)C)cc2)cc1)c1ccc2c(c1)-c1ccccc1C2(C)C. The lowest BCUT2D eigenvalue weighted by atomic mass is 9.82. The van der Waals surface area contributed by atoms with Crippen LogP contribution >= 0.6 is 0 Å². The van der Waals surface area contributed by atoms with Gasteiger partial charge in [0.05, 0.1) is 0 Å². The van der Waals surface area contributed by atoms with Gasteiger partial charge in [-0.25, -0.2) is 0 Å². The van der Waals surface area contributed by atoms with Crippen molar-refractivity contribution in [1.29, 1.82) is 0 Å². The van der Waals surface area contributed by atoms with Crippen molar-refractivity contribution < 1.29 is 0 Å². The third-order valence-electron chi connectivity index (χ3n) is 7.80. The fourth-order valence-electron chi connectivity index (χ4n) is 5.60. The minimum Gasteiger partial charge on any atom is -0.311 e. The van der Waals surface area contributed by atoms with E-state index in [1.54, 1.807) is 0 Å². The molecule has 1 aliphatic carbocycles. The van der Waals surface area contributed by atoms with E-state index in [1.165, 1.54) is 38.9 Å². The molecule has 1 nitrogen and oxygen atoms in total. The summed E-state index contributed by atoms with van der Waals surface area (Å²) in [5.74, 6) is 0. The van der Waals surface area contributed by atoms with Gasteiger partial charge in [0, 0.05) is 22.5 Å². The van der Waals surface area contributed by atoms with E-state index in [0.29, 0.717) is 0 Å². The molecule has 0 amide bonds. The molecule has 0 spiro atoms. The lowest BCUT2D eigenvalue weighted by Gasteiger charge is -2.28. The monoisotopic (exact) mass is 483 g/mol. The predicted octanol–water partition coefficient (Wildman–Crippen LogP) is 10.2. The quantitative estimate of drug-likeness (QED) is 0.255. The molecule has 0 fully saturated rings. The Labute approximate surface area is 222 Å². The summed E-state index contributed by atoms with van der Waals surface area (Å²) in [5, 5.41) is 0. The third kappa shape index (κ3) is 4.33. The molecule has 4 aromatic rings. The van der Waals surface area contributed by atoms with Crippen LogP contribution in [-0.4, -0.2) is 0 Å². The van der Waals surface area contributed by atoms with E-state index in [9.17, 15) is 0 Å². The van der Waals surface area contributed by atoms with Crippen LogP contribution in [0.1, 0.15) is 58.2 Å². The maximum Gasteiger partial charge on any atom is 0.0467 e. The molecule has 1 heteroatoms. The van der Waals surface area contributed by atoms with Crippen LogP contribution in [0.15, 0.2) is 115 Å². The zero-order chi connectivity index (χ0) is 26.4. The average Bonchev–Trinajstić information content (AvgIpc) is 3.13. The number of hydrogen-bond donors (Lipinski definition) is 0. The molecule has 37 heavy (non-hydrogen) atoms. The van der Waals surface area contributed by atoms with E-state index in [1.807, 2.05) is 6.08 Å². The molecule has 0 bridgehead atoms. The van der Waals surface area contributed by atoms with Crippen LogP contribution in [0, 0.1) is 0 Å². The van der Waals surface area contributed by atoms with Gasteiger partial charge in [0.25, 0.3) is 0 Å². The molecule has 0 saturated heterocycles. The molecule has 186 valence electrons. The van der Waals surface area contributed by atoms with Crippen LogP contribution in [-0.2, 0) is 10.8 Å². The summed E-state index contributed by atoms with van der Waals surface area (Å²) in [6.07, 6.45) is 4.06. The number of anilines is 2. The number of hydrogen-bond acceptors (Lipinski definition) is 1. The summed E-state index contributed by atoms with van der Waals surface area (Å²) in [7, 11) is 0. The zero-order valence-corrected chi connectivity index (χ0v) is 23.0. The molecule has 0 atom stereocenters. The summed E-state index contributed by atoms with van der Waals surface area (Å²) in [4.78, 5) is 2.30. The maximum atomic E-state index is 4.12. The topological polar surface area (TPSA) is 3.24 Å². The summed E-state index contributed by atoms with van der Waals surface area (Å²) in [6, 6.07) is 33.5. The summed E-state index contributed by atoms with van der Waals surface area (Å²) in [6.45, 7) is 17.6. The van der Waals surface area contributed by atoms with Gasteiger partial charge in [-0.1, -0.05) is 114 Å². The van der Waals surface area contributed by atoms with Gasteiger partial charge < -0.3 is 4.90 Å². The Morgan fingerprint density at radius 1 is 0.730 bits per heavy atom. The second kappa shape index (κ2) is 9.23. The molecule has 4 aromatic carbocycles. The smallest absolute Gasteiger partial charge is 0.0467 e. The summed E-state index contributed by atoms with van der Waals surface area (Å²) < 4.78 is 0. The van der Waals surface area contributed by atoms with Crippen molar-refractivity contribution in [2.24, 2.45) is 0 Å². The third-order valence-corrected chi connectivity index (χ3v) is 7.80. The normalized spacial score (nSPS) is 14.2. The highest BCUT2D eigenvalue weighted by Crippen LogP contribution is 2.50. The van der Waals surface area contributed by atoms with Gasteiger partial charge in [-0.2, -0.15) is 0 Å². The maximum absolute atomic E-state index is 4.12. The molecule has 0 saturated carbocycles. The van der Waals surface area contributed by atoms with E-state index in [0.717, 1.165) is 17.1 Å². The van der Waals surface area contributed by atoms with Gasteiger partial charge in [-0.05, 0) is 81.6 Å². The Kier molecular flexibility index (Phi) is 6.20. The number of allylic oxidation sites excluding steroid dienone is 2. The van der Waals surface area contributed by atoms with Gasteiger partial charge in [-0.15, -0.1) is 0 Å². The van der Waals surface area contributed by atoms with E-state index in [-0.39, 0.29) is 10.8 Å². The molecule has 0 unspecified atom stereocenters. The lowest BCUT2D eigenvalue weighted by Crippen LogP contribution is -2.17. The molecule has 0 aliphatic heterocycles. The Bertz CT molecular complexity index is 1480. The summed E-state index contributed by atoms with van der Waals surface area (Å²) in [5.41, 5.74) is 12.7. The van der Waals surface area contributed by atoms with Crippen LogP contribution in [0.2, 0.25) is 0 Å². The lowest BCUT2D eigenvalue weighted by molar-refractivity contribution is 0.590. The molecule has 0 aromatic heterocycles. The second-order valence-electron chi connectivity index (χ2n) is 11.5. The number of benzene rings is 4. The van der Waals surface area contributed by atoms with E-state index in [4.69, 9.17) is 0 Å². The minimum absolute atomic E-state index is 0.00133. The first-order chi connectivity index (χ1) is 17.6. The fraction of sp³-hybridized carbons (Fsp3) is 0.222. The first kappa shape index (κ1) is 24.8. The zero-order valence-electron chi connectivity index (χ0n) is 23.0. The van der Waals surface area contributed by atoms with E-state index in [2.05, 4.69) is 150 Å². The number of rotatable bonds is 5. The van der Waals surface area contributed by atoms with Crippen LogP contribution in [0.5, 0.6) is 0 Å². The van der Waals surface area contributed by atoms with Gasteiger partial charge in [0.2, 0.25) is 0 Å². The highest BCUT2D eigenvalue weighted by atomic mass is 15.1. The Morgan fingerprint density at radius 3 is 1.89 bits per heavy atom. The minimum atomic E-state index is 0.00133. The van der Waals surface area contributed by atoms with Crippen molar-refractivity contribution in [3.05, 3.63) is 132 Å². The van der Waals surface area contributed by atoms with Crippen molar-refractivity contribution in [1.82, 2.24) is 0 Å². The van der Waals surface area contributed by atoms with E-state index < -0.39 is 0 Å². The molecular formula is C36H37N. The van der Waals surface area contributed by atoms with Crippen LogP contribution in [0.4, 0.5) is 11.4 Å². The first-order valence-corrected chi connectivity index (χ1v) is 13.2. The number of nitrogens with zero attached hydrogens (tertiary/aromatic N) is 1. The Hall–Kier alpha value is -3.84. The van der Waals surface area contributed by atoms with Crippen LogP contribution in [0.25, 0.3) is 22.3 Å². The molecule has 0 N–H and O–H groups in total. The van der Waals surface area contributed by atoms with Crippen molar-refractivity contribution in [2.45, 2.75) is 52.4 Å². The van der Waals surface area contributed by atoms with Gasteiger partial charge in [-0.3, -0.25) is 0 Å². The average molecular weight is 484 g/mol. The van der Waals surface area contributed by atoms with Crippen molar-refractivity contribution in [3.8, 4) is 22.3 Å². The van der Waals surface area contributed by atoms with Gasteiger partial charge in [0.1, 0.15) is 0 Å². The molecule has 1 aliphatic rings. The van der Waals surface area contributed by atoms with Crippen molar-refractivity contribution >= 4 is 11.4 Å².